The van der Waals surface area contributed by atoms with E-state index in [1.165, 1.54) is 4.57 Å². The van der Waals surface area contributed by atoms with Gasteiger partial charge in [-0.05, 0) is 19.3 Å². The van der Waals surface area contributed by atoms with Gasteiger partial charge in [0.15, 0.2) is 0 Å². The van der Waals surface area contributed by atoms with Crippen LogP contribution < -0.4 is 0 Å². The second-order valence-electron chi connectivity index (χ2n) is 3.69. The zero-order valence-electron chi connectivity index (χ0n) is 8.35. The number of nitrogens with zero attached hydrogens (tertiary/aromatic N) is 3. The van der Waals surface area contributed by atoms with Crippen LogP contribution in [0.3, 0.4) is 0 Å². The monoisotopic (exact) mass is 233 g/mol. The maximum absolute atomic E-state index is 12.9. The molecular weight excluding hydrogens is 221 g/mol. The number of hydrogen-bond acceptors (Lipinski definition) is 4. The topological polar surface area (TPSA) is 64.8 Å². The molecule has 0 aliphatic heterocycles. The Bertz CT molecular complexity index is 464. The fourth-order valence-electron chi connectivity index (χ4n) is 1.57. The summed E-state index contributed by atoms with van der Waals surface area (Å²) < 4.78 is 35.9. The molecule has 1 saturated carbocycles. The Labute approximate surface area is 87.5 Å². The van der Waals surface area contributed by atoms with Gasteiger partial charge in [-0.3, -0.25) is 4.57 Å². The van der Waals surface area contributed by atoms with Gasteiger partial charge in [0.25, 0.3) is 5.16 Å². The van der Waals surface area contributed by atoms with Crippen LogP contribution in [0, 0.1) is 0 Å². The second-order valence-corrected chi connectivity index (χ2v) is 4.93. The molecule has 1 aliphatic rings. The van der Waals surface area contributed by atoms with Gasteiger partial charge in [0.1, 0.15) is 5.82 Å². The van der Waals surface area contributed by atoms with Crippen molar-refractivity contribution in [3.05, 3.63) is 5.82 Å². The third-order valence-corrected chi connectivity index (χ3v) is 3.05. The van der Waals surface area contributed by atoms with Gasteiger partial charge in [-0.2, -0.15) is 8.42 Å². The van der Waals surface area contributed by atoms with E-state index in [9.17, 15) is 12.3 Å². The van der Waals surface area contributed by atoms with Crippen molar-refractivity contribution in [1.29, 1.82) is 0 Å². The molecule has 0 saturated heterocycles. The Morgan fingerprint density at radius 1 is 1.47 bits per heavy atom. The highest BCUT2D eigenvalue weighted by molar-refractivity contribution is 7.86. The van der Waals surface area contributed by atoms with Crippen LogP contribution in [0.15, 0.2) is 5.16 Å². The van der Waals surface area contributed by atoms with Crippen LogP contribution in [-0.2, 0) is 16.6 Å². The lowest BCUT2D eigenvalue weighted by atomic mass is 10.3. The third-order valence-electron chi connectivity index (χ3n) is 2.34. The molecule has 0 spiro atoms. The molecule has 1 fully saturated rings. The van der Waals surface area contributed by atoms with E-state index in [1.807, 2.05) is 6.92 Å². The summed E-state index contributed by atoms with van der Waals surface area (Å²) in [4.78, 5) is 0. The van der Waals surface area contributed by atoms with Crippen molar-refractivity contribution < 1.29 is 12.3 Å². The van der Waals surface area contributed by atoms with E-state index in [0.717, 1.165) is 19.3 Å². The molecule has 1 aliphatic carbocycles. The molecule has 0 bridgehead atoms. The van der Waals surface area contributed by atoms with Crippen LogP contribution in [0.2, 0.25) is 0 Å². The van der Waals surface area contributed by atoms with E-state index in [1.54, 1.807) is 0 Å². The fourth-order valence-corrected chi connectivity index (χ4v) is 2.19. The lowest BCUT2D eigenvalue weighted by Gasteiger charge is -2.04. The lowest BCUT2D eigenvalue weighted by molar-refractivity contribution is 0.519. The molecule has 0 unspecified atom stereocenters. The van der Waals surface area contributed by atoms with Gasteiger partial charge >= 0.3 is 10.2 Å². The van der Waals surface area contributed by atoms with Crippen LogP contribution in [0.5, 0.6) is 0 Å². The summed E-state index contributed by atoms with van der Waals surface area (Å²) >= 11 is 0. The summed E-state index contributed by atoms with van der Waals surface area (Å²) in [5.41, 5.74) is 0. The van der Waals surface area contributed by atoms with Crippen molar-refractivity contribution in [2.75, 3.05) is 0 Å². The summed E-state index contributed by atoms with van der Waals surface area (Å²) in [6.07, 6.45) is 3.20. The zero-order valence-corrected chi connectivity index (χ0v) is 9.17. The molecule has 5 nitrogen and oxygen atoms in total. The van der Waals surface area contributed by atoms with E-state index in [0.29, 0.717) is 12.2 Å². The van der Waals surface area contributed by atoms with Gasteiger partial charge < -0.3 is 0 Å². The van der Waals surface area contributed by atoms with E-state index < -0.39 is 15.4 Å². The predicted octanol–water partition coefficient (Wildman–Crippen LogP) is 1.22. The van der Waals surface area contributed by atoms with Crippen LogP contribution in [0.4, 0.5) is 3.89 Å². The normalized spacial score (nSPS) is 16.9. The number of halogens is 1. The highest BCUT2D eigenvalue weighted by atomic mass is 32.3. The molecule has 15 heavy (non-hydrogen) atoms. The van der Waals surface area contributed by atoms with Crippen LogP contribution in [-0.4, -0.2) is 23.2 Å². The number of aromatic nitrogens is 3. The summed E-state index contributed by atoms with van der Waals surface area (Å²) in [6.45, 7) is 1.95. The van der Waals surface area contributed by atoms with Gasteiger partial charge in [-0.25, -0.2) is 0 Å². The summed E-state index contributed by atoms with van der Waals surface area (Å²) in [6, 6.07) is 0.0714. The average Bonchev–Trinajstić information content (AvgIpc) is 2.87. The summed E-state index contributed by atoms with van der Waals surface area (Å²) in [5.74, 6) is 0.566. The molecule has 7 heteroatoms. The zero-order chi connectivity index (χ0) is 11.1. The smallest absolute Gasteiger partial charge is 0.296 e. The molecule has 0 amide bonds. The Morgan fingerprint density at radius 3 is 2.60 bits per heavy atom. The summed E-state index contributed by atoms with van der Waals surface area (Å²) in [5, 5.41) is 6.61. The Balaban J connectivity index is 2.47. The molecule has 0 atom stereocenters. The van der Waals surface area contributed by atoms with Crippen LogP contribution >= 0.6 is 0 Å². The van der Waals surface area contributed by atoms with Crippen molar-refractivity contribution in [3.63, 3.8) is 0 Å². The van der Waals surface area contributed by atoms with Gasteiger partial charge in [-0.1, -0.05) is 10.8 Å². The number of aryl methyl sites for hydroxylation is 1. The molecule has 1 aromatic heterocycles. The molecule has 1 heterocycles. The quantitative estimate of drug-likeness (QED) is 0.733. The highest BCUT2D eigenvalue weighted by Crippen LogP contribution is 2.37. The molecule has 0 N–H and O–H groups in total. The minimum absolute atomic E-state index is 0.0714. The van der Waals surface area contributed by atoms with Gasteiger partial charge in [0.05, 0.1) is 0 Å². The van der Waals surface area contributed by atoms with Crippen molar-refractivity contribution in [1.82, 2.24) is 14.8 Å². The standard InChI is InChI=1S/C8H12FN3O2S/c1-2-3-7-10-11-8(15(9,13)14)12(7)6-4-5-6/h6H,2-5H2,1H3. The van der Waals surface area contributed by atoms with E-state index >= 15 is 0 Å². The van der Waals surface area contributed by atoms with Crippen molar-refractivity contribution in [2.24, 2.45) is 0 Å². The lowest BCUT2D eigenvalue weighted by Crippen LogP contribution is -2.08. The van der Waals surface area contributed by atoms with E-state index in [-0.39, 0.29) is 6.04 Å². The minimum Gasteiger partial charge on any atom is -0.296 e. The average molecular weight is 233 g/mol. The molecule has 2 rings (SSSR count). The Morgan fingerprint density at radius 2 is 2.13 bits per heavy atom. The number of rotatable bonds is 4. The Hall–Kier alpha value is -0.980. The first-order valence-corrected chi connectivity index (χ1v) is 6.31. The van der Waals surface area contributed by atoms with Crippen molar-refractivity contribution in [2.45, 2.75) is 43.8 Å². The van der Waals surface area contributed by atoms with Crippen LogP contribution in [0.25, 0.3) is 0 Å². The van der Waals surface area contributed by atoms with E-state index in [4.69, 9.17) is 0 Å². The minimum atomic E-state index is -4.75. The Kier molecular flexibility index (Phi) is 2.49. The predicted molar refractivity (Wildman–Crippen MR) is 50.6 cm³/mol. The first-order chi connectivity index (χ1) is 7.04. The largest absolute Gasteiger partial charge is 0.368 e. The maximum Gasteiger partial charge on any atom is 0.368 e. The first kappa shape index (κ1) is 10.5. The van der Waals surface area contributed by atoms with Crippen molar-refractivity contribution >= 4 is 10.2 Å². The first-order valence-electron chi connectivity index (χ1n) is 4.92. The maximum atomic E-state index is 12.9. The SMILES string of the molecule is CCCc1nnc(S(=O)(=O)F)n1C1CC1. The second kappa shape index (κ2) is 3.55. The fraction of sp³-hybridized carbons (Fsp3) is 0.750. The molecule has 84 valence electrons. The molecular formula is C8H12FN3O2S. The van der Waals surface area contributed by atoms with Gasteiger partial charge in [0, 0.05) is 12.5 Å². The molecule has 1 aromatic rings. The summed E-state index contributed by atoms with van der Waals surface area (Å²) in [7, 11) is -4.75. The number of hydrogen-bond donors (Lipinski definition) is 0. The molecule has 0 radical (unpaired) electrons. The van der Waals surface area contributed by atoms with Gasteiger partial charge in [0.2, 0.25) is 0 Å². The highest BCUT2D eigenvalue weighted by Gasteiger charge is 2.33. The van der Waals surface area contributed by atoms with Crippen molar-refractivity contribution in [3.8, 4) is 0 Å². The van der Waals surface area contributed by atoms with E-state index in [2.05, 4.69) is 10.2 Å². The van der Waals surface area contributed by atoms with Crippen LogP contribution in [0.1, 0.15) is 38.1 Å². The third kappa shape index (κ3) is 2.01. The molecule has 0 aromatic carbocycles. The van der Waals surface area contributed by atoms with Gasteiger partial charge in [-0.15, -0.1) is 10.2 Å².